The Labute approximate surface area is 103 Å². The molecule has 1 atom stereocenters. The van der Waals surface area contributed by atoms with Crippen molar-refractivity contribution in [2.24, 2.45) is 0 Å². The van der Waals surface area contributed by atoms with Gasteiger partial charge in [-0.2, -0.15) is 13.2 Å². The first-order chi connectivity index (χ1) is 8.38. The van der Waals surface area contributed by atoms with Gasteiger partial charge >= 0.3 is 6.18 Å². The summed E-state index contributed by atoms with van der Waals surface area (Å²) >= 11 is 0. The number of halogens is 3. The molecule has 18 heavy (non-hydrogen) atoms. The van der Waals surface area contributed by atoms with E-state index in [0.29, 0.717) is 12.0 Å². The fourth-order valence-electron chi connectivity index (χ4n) is 1.38. The fourth-order valence-corrected chi connectivity index (χ4v) is 1.38. The van der Waals surface area contributed by atoms with Crippen LogP contribution in [0.1, 0.15) is 18.1 Å². The Balaban J connectivity index is 2.96. The van der Waals surface area contributed by atoms with E-state index in [-0.39, 0.29) is 12.4 Å². The second-order valence-corrected chi connectivity index (χ2v) is 3.83. The van der Waals surface area contributed by atoms with Gasteiger partial charge in [-0.15, -0.1) is 0 Å². The highest BCUT2D eigenvalue weighted by Gasteiger charge is 2.34. The van der Waals surface area contributed by atoms with Crippen LogP contribution >= 0.6 is 0 Å². The molecule has 0 radical (unpaired) electrons. The topological polar surface area (TPSA) is 49.7 Å². The van der Waals surface area contributed by atoms with Gasteiger partial charge in [0.05, 0.1) is 12.2 Å². The molecule has 1 aromatic carbocycles. The van der Waals surface area contributed by atoms with Crippen molar-refractivity contribution in [3.8, 4) is 5.75 Å². The van der Waals surface area contributed by atoms with Crippen LogP contribution in [0.5, 0.6) is 5.75 Å². The lowest BCUT2D eigenvalue weighted by molar-refractivity contribution is -0.139. The van der Waals surface area contributed by atoms with Gasteiger partial charge in [0.15, 0.2) is 0 Å². The summed E-state index contributed by atoms with van der Waals surface area (Å²) < 4.78 is 43.2. The molecule has 102 valence electrons. The Kier molecular flexibility index (Phi) is 4.98. The molecule has 1 unspecified atom stereocenters. The van der Waals surface area contributed by atoms with Crippen LogP contribution < -0.4 is 4.74 Å². The number of aliphatic hydroxyl groups excluding tert-OH is 2. The van der Waals surface area contributed by atoms with E-state index in [2.05, 4.69) is 0 Å². The Morgan fingerprint density at radius 2 is 2.00 bits per heavy atom. The van der Waals surface area contributed by atoms with Crippen molar-refractivity contribution >= 4 is 0 Å². The van der Waals surface area contributed by atoms with E-state index in [1.165, 1.54) is 12.1 Å². The predicted octanol–water partition coefficient (Wildman–Crippen LogP) is 2.00. The van der Waals surface area contributed by atoms with Crippen LogP contribution in [0.3, 0.4) is 0 Å². The number of alkyl halides is 3. The van der Waals surface area contributed by atoms with Crippen LogP contribution in [-0.4, -0.2) is 29.5 Å². The molecule has 0 spiro atoms. The molecule has 0 aliphatic heterocycles. The summed E-state index contributed by atoms with van der Waals surface area (Å²) in [5.74, 6) is -0.341. The fraction of sp³-hybridized carbons (Fsp3) is 0.500. The molecule has 6 heteroatoms. The molecule has 0 amide bonds. The van der Waals surface area contributed by atoms with Crippen molar-refractivity contribution < 1.29 is 28.1 Å². The molecule has 0 aliphatic rings. The van der Waals surface area contributed by atoms with Crippen molar-refractivity contribution in [3.63, 3.8) is 0 Å². The maximum atomic E-state index is 12.8. The van der Waals surface area contributed by atoms with Gasteiger partial charge in [-0.1, -0.05) is 13.0 Å². The number of aliphatic hydroxyl groups is 2. The monoisotopic (exact) mass is 264 g/mol. The summed E-state index contributed by atoms with van der Waals surface area (Å²) in [4.78, 5) is 0. The summed E-state index contributed by atoms with van der Waals surface area (Å²) in [5.41, 5.74) is -0.315. The van der Waals surface area contributed by atoms with Crippen LogP contribution in [0, 0.1) is 0 Å². The maximum absolute atomic E-state index is 12.8. The van der Waals surface area contributed by atoms with Gasteiger partial charge in [-0.25, -0.2) is 0 Å². The minimum atomic E-state index is -4.51. The lowest BCUT2D eigenvalue weighted by Crippen LogP contribution is -2.22. The molecule has 0 aliphatic carbocycles. The van der Waals surface area contributed by atoms with E-state index in [9.17, 15) is 13.2 Å². The molecule has 0 saturated carbocycles. The van der Waals surface area contributed by atoms with Crippen LogP contribution in [0.25, 0.3) is 0 Å². The number of ether oxygens (including phenoxy) is 1. The molecule has 1 aromatic rings. The highest BCUT2D eigenvalue weighted by molar-refractivity contribution is 5.39. The average Bonchev–Trinajstić information content (AvgIpc) is 2.34. The zero-order chi connectivity index (χ0) is 13.8. The van der Waals surface area contributed by atoms with E-state index in [1.54, 1.807) is 6.92 Å². The third-order valence-electron chi connectivity index (χ3n) is 2.40. The van der Waals surface area contributed by atoms with Crippen LogP contribution in [0.15, 0.2) is 18.2 Å². The van der Waals surface area contributed by atoms with Crippen molar-refractivity contribution in [2.45, 2.75) is 25.6 Å². The summed E-state index contributed by atoms with van der Waals surface area (Å²) in [7, 11) is 0. The predicted molar refractivity (Wildman–Crippen MR) is 59.4 cm³/mol. The second kappa shape index (κ2) is 6.06. The lowest BCUT2D eigenvalue weighted by Gasteiger charge is -2.16. The van der Waals surface area contributed by atoms with Crippen molar-refractivity contribution in [2.75, 3.05) is 13.2 Å². The largest absolute Gasteiger partial charge is 0.490 e. The van der Waals surface area contributed by atoms with E-state index in [0.717, 1.165) is 6.07 Å². The normalized spacial score (nSPS) is 13.4. The van der Waals surface area contributed by atoms with Crippen molar-refractivity contribution in [3.05, 3.63) is 29.3 Å². The van der Waals surface area contributed by atoms with E-state index in [1.807, 2.05) is 0 Å². The van der Waals surface area contributed by atoms with Gasteiger partial charge in [0.2, 0.25) is 0 Å². The number of rotatable bonds is 5. The van der Waals surface area contributed by atoms with Crippen molar-refractivity contribution in [1.29, 1.82) is 0 Å². The summed E-state index contributed by atoms with van der Waals surface area (Å²) in [5, 5.41) is 17.6. The summed E-state index contributed by atoms with van der Waals surface area (Å²) in [6.07, 6.45) is -5.22. The number of aryl methyl sites for hydroxylation is 1. The Hall–Kier alpha value is -1.27. The lowest BCUT2D eigenvalue weighted by atomic mass is 10.1. The molecular formula is C12H15F3O3. The number of hydrogen-bond acceptors (Lipinski definition) is 3. The smallest absolute Gasteiger partial charge is 0.419 e. The Morgan fingerprint density at radius 1 is 1.33 bits per heavy atom. The molecule has 2 N–H and O–H groups in total. The minimum absolute atomic E-state index is 0.341. The third kappa shape index (κ3) is 3.89. The van der Waals surface area contributed by atoms with Gasteiger partial charge in [0.1, 0.15) is 18.5 Å². The molecule has 0 aromatic heterocycles. The first-order valence-corrected chi connectivity index (χ1v) is 5.50. The van der Waals surface area contributed by atoms with E-state index < -0.39 is 24.5 Å². The summed E-state index contributed by atoms with van der Waals surface area (Å²) in [6, 6.07) is 3.79. The highest BCUT2D eigenvalue weighted by Crippen LogP contribution is 2.36. The quantitative estimate of drug-likeness (QED) is 0.855. The van der Waals surface area contributed by atoms with Gasteiger partial charge in [-0.3, -0.25) is 0 Å². The summed E-state index contributed by atoms with van der Waals surface area (Å²) in [6.45, 7) is 0.810. The molecule has 0 heterocycles. The molecule has 0 bridgehead atoms. The zero-order valence-electron chi connectivity index (χ0n) is 9.87. The van der Waals surface area contributed by atoms with Crippen LogP contribution in [0.2, 0.25) is 0 Å². The number of hydrogen-bond donors (Lipinski definition) is 2. The molecule has 0 fully saturated rings. The van der Waals surface area contributed by atoms with Gasteiger partial charge in [-0.05, 0) is 24.1 Å². The SMILES string of the molecule is CCc1ccc(OCC(O)CO)c(C(F)(F)F)c1. The standard InChI is InChI=1S/C12H15F3O3/c1-2-8-3-4-11(18-7-9(17)6-16)10(5-8)12(13,14)15/h3-5,9,16-17H,2,6-7H2,1H3. The third-order valence-corrected chi connectivity index (χ3v) is 2.40. The van der Waals surface area contributed by atoms with E-state index in [4.69, 9.17) is 14.9 Å². The minimum Gasteiger partial charge on any atom is -0.490 e. The van der Waals surface area contributed by atoms with Gasteiger partial charge in [0.25, 0.3) is 0 Å². The van der Waals surface area contributed by atoms with Crippen LogP contribution in [-0.2, 0) is 12.6 Å². The Bertz CT molecular complexity index is 391. The van der Waals surface area contributed by atoms with Crippen molar-refractivity contribution in [1.82, 2.24) is 0 Å². The second-order valence-electron chi connectivity index (χ2n) is 3.83. The zero-order valence-corrected chi connectivity index (χ0v) is 9.87. The first kappa shape index (κ1) is 14.8. The Morgan fingerprint density at radius 3 is 2.50 bits per heavy atom. The molecule has 3 nitrogen and oxygen atoms in total. The average molecular weight is 264 g/mol. The van der Waals surface area contributed by atoms with Gasteiger partial charge < -0.3 is 14.9 Å². The molecule has 0 saturated heterocycles. The molecule has 1 rings (SSSR count). The number of benzene rings is 1. The van der Waals surface area contributed by atoms with Crippen LogP contribution in [0.4, 0.5) is 13.2 Å². The first-order valence-electron chi connectivity index (χ1n) is 5.50. The maximum Gasteiger partial charge on any atom is 0.419 e. The molecular weight excluding hydrogens is 249 g/mol. The highest BCUT2D eigenvalue weighted by atomic mass is 19.4. The van der Waals surface area contributed by atoms with Gasteiger partial charge in [0, 0.05) is 0 Å². The van der Waals surface area contributed by atoms with E-state index >= 15 is 0 Å².